The largest absolute Gasteiger partial charge is 0.483 e. The van der Waals surface area contributed by atoms with Crippen molar-refractivity contribution in [1.82, 2.24) is 5.01 Å². The Hall–Kier alpha value is -2.09. The van der Waals surface area contributed by atoms with Crippen molar-refractivity contribution < 1.29 is 27.8 Å². The Bertz CT molecular complexity index is 760. The first-order chi connectivity index (χ1) is 12.8. The minimum Gasteiger partial charge on any atom is -0.483 e. The number of benzene rings is 1. The third-order valence-electron chi connectivity index (χ3n) is 4.52. The van der Waals surface area contributed by atoms with Crippen LogP contribution in [0.15, 0.2) is 23.3 Å². The van der Waals surface area contributed by atoms with Gasteiger partial charge in [0.05, 0.1) is 0 Å². The molecule has 2 rings (SSSR count). The number of alkyl halides is 3. The molecule has 0 fully saturated rings. The predicted octanol–water partition coefficient (Wildman–Crippen LogP) is 4.38. The zero-order chi connectivity index (χ0) is 21.3. The molecule has 0 aliphatic carbocycles. The van der Waals surface area contributed by atoms with Crippen LogP contribution in [0.4, 0.5) is 13.2 Å². The highest BCUT2D eigenvalue weighted by Crippen LogP contribution is 2.41. The van der Waals surface area contributed by atoms with E-state index in [4.69, 9.17) is 4.74 Å². The summed E-state index contributed by atoms with van der Waals surface area (Å²) in [5, 5.41) is 14.2. The lowest BCUT2D eigenvalue weighted by atomic mass is 9.99. The van der Waals surface area contributed by atoms with Gasteiger partial charge in [-0.25, -0.2) is 0 Å². The van der Waals surface area contributed by atoms with E-state index in [0.717, 1.165) is 11.1 Å². The molecule has 0 spiro atoms. The third kappa shape index (κ3) is 4.66. The van der Waals surface area contributed by atoms with Crippen molar-refractivity contribution in [3.05, 3.63) is 29.3 Å². The highest BCUT2D eigenvalue weighted by molar-refractivity contribution is 5.91. The smallest absolute Gasteiger partial charge is 0.438 e. The van der Waals surface area contributed by atoms with Crippen molar-refractivity contribution in [2.45, 2.75) is 65.3 Å². The standard InChI is InChI=1S/C20H27F3N2O3/c1-12(2)8-15-10-19(27,20(21,22)23)25(24-15)18(26)11-28-17-9-14(5)6-7-16(17)13(3)4/h6-7,9,12-13,27H,8,10-11H2,1-5H3/t19-/m0/s1. The van der Waals surface area contributed by atoms with E-state index in [1.807, 2.05) is 46.8 Å². The number of nitrogens with zero attached hydrogens (tertiary/aromatic N) is 2. The van der Waals surface area contributed by atoms with Gasteiger partial charge in [-0.15, -0.1) is 0 Å². The first kappa shape index (κ1) is 22.2. The van der Waals surface area contributed by atoms with E-state index >= 15 is 0 Å². The number of carbonyl (C=O) groups excluding carboxylic acids is 1. The van der Waals surface area contributed by atoms with E-state index in [1.165, 1.54) is 0 Å². The molecule has 0 bridgehead atoms. The van der Waals surface area contributed by atoms with E-state index in [0.29, 0.717) is 5.75 Å². The number of ether oxygens (including phenoxy) is 1. The molecule has 8 heteroatoms. The van der Waals surface area contributed by atoms with Gasteiger partial charge >= 0.3 is 6.18 Å². The number of aryl methyl sites for hydroxylation is 1. The molecule has 1 aromatic rings. The fraction of sp³-hybridized carbons (Fsp3) is 0.600. The van der Waals surface area contributed by atoms with Crippen LogP contribution in [-0.2, 0) is 4.79 Å². The van der Waals surface area contributed by atoms with Crippen LogP contribution in [0.25, 0.3) is 0 Å². The molecule has 1 amide bonds. The van der Waals surface area contributed by atoms with Gasteiger partial charge in [0.25, 0.3) is 11.6 Å². The molecule has 1 atom stereocenters. The van der Waals surface area contributed by atoms with E-state index in [-0.39, 0.29) is 29.0 Å². The Morgan fingerprint density at radius 1 is 1.32 bits per heavy atom. The Kier molecular flexibility index (Phi) is 6.43. The number of carbonyl (C=O) groups is 1. The number of rotatable bonds is 6. The van der Waals surface area contributed by atoms with Crippen molar-refractivity contribution in [3.8, 4) is 5.75 Å². The Morgan fingerprint density at radius 2 is 1.96 bits per heavy atom. The third-order valence-corrected chi connectivity index (χ3v) is 4.52. The van der Waals surface area contributed by atoms with Crippen molar-refractivity contribution in [3.63, 3.8) is 0 Å². The van der Waals surface area contributed by atoms with Gasteiger partial charge in [0.2, 0.25) is 0 Å². The Balaban J connectivity index is 2.23. The number of halogens is 3. The molecule has 0 aromatic heterocycles. The summed E-state index contributed by atoms with van der Waals surface area (Å²) in [4.78, 5) is 12.5. The number of aliphatic hydroxyl groups is 1. The second kappa shape index (κ2) is 8.11. The molecule has 5 nitrogen and oxygen atoms in total. The summed E-state index contributed by atoms with van der Waals surface area (Å²) in [7, 11) is 0. The van der Waals surface area contributed by atoms with Gasteiger partial charge in [-0.05, 0) is 42.4 Å². The summed E-state index contributed by atoms with van der Waals surface area (Å²) in [6.07, 6.45) is -5.52. The van der Waals surface area contributed by atoms with Gasteiger partial charge in [-0.3, -0.25) is 4.79 Å². The molecule has 1 aliphatic heterocycles. The van der Waals surface area contributed by atoms with E-state index in [2.05, 4.69) is 5.10 Å². The number of hydrazone groups is 1. The van der Waals surface area contributed by atoms with Gasteiger partial charge in [0, 0.05) is 12.1 Å². The van der Waals surface area contributed by atoms with Crippen molar-refractivity contribution in [1.29, 1.82) is 0 Å². The zero-order valence-corrected chi connectivity index (χ0v) is 16.8. The summed E-state index contributed by atoms with van der Waals surface area (Å²) in [5.41, 5.74) is -1.46. The lowest BCUT2D eigenvalue weighted by Crippen LogP contribution is -2.57. The molecule has 0 radical (unpaired) electrons. The fourth-order valence-corrected chi connectivity index (χ4v) is 3.13. The molecule has 28 heavy (non-hydrogen) atoms. The van der Waals surface area contributed by atoms with Gasteiger partial charge in [0.15, 0.2) is 6.61 Å². The van der Waals surface area contributed by atoms with Crippen molar-refractivity contribution in [2.24, 2.45) is 11.0 Å². The van der Waals surface area contributed by atoms with Gasteiger partial charge < -0.3 is 9.84 Å². The van der Waals surface area contributed by atoms with Crippen LogP contribution in [0.2, 0.25) is 0 Å². The van der Waals surface area contributed by atoms with Gasteiger partial charge in [0.1, 0.15) is 5.75 Å². The molecule has 156 valence electrons. The minimum atomic E-state index is -5.03. The molecule has 1 aliphatic rings. The molecular formula is C20H27F3N2O3. The fourth-order valence-electron chi connectivity index (χ4n) is 3.13. The summed E-state index contributed by atoms with van der Waals surface area (Å²) in [6, 6.07) is 5.49. The van der Waals surface area contributed by atoms with Crippen molar-refractivity contribution in [2.75, 3.05) is 6.61 Å². The maximum atomic E-state index is 13.5. The lowest BCUT2D eigenvalue weighted by Gasteiger charge is -2.32. The monoisotopic (exact) mass is 400 g/mol. The Morgan fingerprint density at radius 3 is 2.50 bits per heavy atom. The maximum Gasteiger partial charge on any atom is 0.438 e. The van der Waals surface area contributed by atoms with Crippen LogP contribution in [0, 0.1) is 12.8 Å². The summed E-state index contributed by atoms with van der Waals surface area (Å²) in [6.45, 7) is 8.75. The average Bonchev–Trinajstić information content (AvgIpc) is 2.89. The molecule has 1 N–H and O–H groups in total. The lowest BCUT2D eigenvalue weighted by molar-refractivity contribution is -0.302. The molecule has 0 unspecified atom stereocenters. The molecule has 0 saturated carbocycles. The topological polar surface area (TPSA) is 62.1 Å². The van der Waals surface area contributed by atoms with Gasteiger partial charge in [-0.2, -0.15) is 23.3 Å². The highest BCUT2D eigenvalue weighted by atomic mass is 19.4. The van der Waals surface area contributed by atoms with Crippen LogP contribution in [0.1, 0.15) is 57.6 Å². The van der Waals surface area contributed by atoms with Crippen LogP contribution < -0.4 is 4.74 Å². The molecular weight excluding hydrogens is 373 g/mol. The normalized spacial score (nSPS) is 20.1. The first-order valence-electron chi connectivity index (χ1n) is 9.27. The summed E-state index contributed by atoms with van der Waals surface area (Å²) < 4.78 is 46.0. The van der Waals surface area contributed by atoms with Crippen molar-refractivity contribution >= 4 is 11.6 Å². The molecule has 0 saturated heterocycles. The average molecular weight is 400 g/mol. The SMILES string of the molecule is Cc1ccc(C(C)C)c(OCC(=O)N2N=C(CC(C)C)C[C@]2(O)C(F)(F)F)c1. The van der Waals surface area contributed by atoms with Crippen LogP contribution in [-0.4, -0.2) is 40.2 Å². The zero-order valence-electron chi connectivity index (χ0n) is 16.8. The van der Waals surface area contributed by atoms with E-state index in [1.54, 1.807) is 6.07 Å². The van der Waals surface area contributed by atoms with E-state index < -0.39 is 30.8 Å². The quantitative estimate of drug-likeness (QED) is 0.771. The maximum absolute atomic E-state index is 13.5. The first-order valence-corrected chi connectivity index (χ1v) is 9.27. The summed E-state index contributed by atoms with van der Waals surface area (Å²) >= 11 is 0. The number of amides is 1. The molecule has 1 aromatic carbocycles. The molecule has 1 heterocycles. The number of hydrogen-bond donors (Lipinski definition) is 1. The Labute approximate surface area is 163 Å². The highest BCUT2D eigenvalue weighted by Gasteiger charge is 2.63. The number of hydrogen-bond acceptors (Lipinski definition) is 4. The summed E-state index contributed by atoms with van der Waals surface area (Å²) in [5.74, 6) is -0.456. The predicted molar refractivity (Wildman–Crippen MR) is 100 cm³/mol. The van der Waals surface area contributed by atoms with E-state index in [9.17, 15) is 23.1 Å². The minimum absolute atomic E-state index is 0.0448. The van der Waals surface area contributed by atoms with Crippen LogP contribution in [0.3, 0.4) is 0 Å². The second-order valence-corrected chi connectivity index (χ2v) is 7.95. The van der Waals surface area contributed by atoms with Crippen LogP contribution in [0.5, 0.6) is 5.75 Å². The van der Waals surface area contributed by atoms with Gasteiger partial charge in [-0.1, -0.05) is 39.8 Å². The van der Waals surface area contributed by atoms with Crippen LogP contribution >= 0.6 is 0 Å². The second-order valence-electron chi connectivity index (χ2n) is 7.95.